The van der Waals surface area contributed by atoms with Crippen molar-refractivity contribution in [3.05, 3.63) is 140 Å². The second-order valence-corrected chi connectivity index (χ2v) is 6.41. The average molecular weight is 572 g/mol. The van der Waals surface area contributed by atoms with E-state index in [0.29, 0.717) is 0 Å². The molecule has 5 aromatic rings. The molecule has 5 heterocycles. The van der Waals surface area contributed by atoms with E-state index in [2.05, 4.69) is 24.9 Å². The van der Waals surface area contributed by atoms with Gasteiger partial charge in [0, 0.05) is 49.3 Å². The average Bonchev–Trinajstić information content (AvgIpc) is 2.97. The third-order valence-electron chi connectivity index (χ3n) is 3.59. The molecule has 0 spiro atoms. The molecule has 11 nitrogen and oxygen atoms in total. The van der Waals surface area contributed by atoms with Gasteiger partial charge < -0.3 is 30.0 Å². The van der Waals surface area contributed by atoms with Crippen molar-refractivity contribution in [3.8, 4) is 11.8 Å². The summed E-state index contributed by atoms with van der Waals surface area (Å²) in [5.41, 5.74) is -0.528. The van der Waals surface area contributed by atoms with E-state index < -0.39 is 11.9 Å². The number of carboxylic acid groups (broad SMARTS) is 2. The number of carbonyl (C=O) groups excluding carboxylic acids is 2. The van der Waals surface area contributed by atoms with Crippen LogP contribution in [-0.2, 0) is 16.5 Å². The number of hydrogen-bond donors (Lipinski definition) is 2. The Labute approximate surface area is 234 Å². The van der Waals surface area contributed by atoms with Gasteiger partial charge in [0.15, 0.2) is 0 Å². The number of carbonyl (C=O) groups is 2. The summed E-state index contributed by atoms with van der Waals surface area (Å²) in [4.78, 5) is 38.0. The largest absolute Gasteiger partial charge is 2.00 e. The van der Waals surface area contributed by atoms with Crippen LogP contribution in [-0.4, -0.2) is 47.1 Å². The summed E-state index contributed by atoms with van der Waals surface area (Å²) < 4.78 is 0. The van der Waals surface area contributed by atoms with Gasteiger partial charge in [-0.1, -0.05) is 30.3 Å². The smallest absolute Gasteiger partial charge is 0.543 e. The Morgan fingerprint density at radius 1 is 0.487 bits per heavy atom. The SMILES string of the molecule is O=C([O-])c1cccc(O)n1.O=C([O-])c1cccc(O)n1.[Ni+2].c1ccncc1.c1ccncc1.c1ccncc1. The van der Waals surface area contributed by atoms with Gasteiger partial charge in [0.05, 0.1) is 23.3 Å². The van der Waals surface area contributed by atoms with Gasteiger partial charge in [0.25, 0.3) is 0 Å². The number of aromatic carboxylic acids is 2. The minimum absolute atomic E-state index is 0. The number of pyridine rings is 5. The molecule has 0 saturated heterocycles. The molecule has 0 radical (unpaired) electrons. The number of aromatic nitrogens is 5. The Morgan fingerprint density at radius 2 is 0.769 bits per heavy atom. The molecule has 0 saturated carbocycles. The van der Waals surface area contributed by atoms with E-state index in [1.165, 1.54) is 36.4 Å². The molecule has 2 N–H and O–H groups in total. The van der Waals surface area contributed by atoms with E-state index in [0.717, 1.165) is 0 Å². The van der Waals surface area contributed by atoms with Gasteiger partial charge in [-0.2, -0.15) is 0 Å². The summed E-state index contributed by atoms with van der Waals surface area (Å²) in [5.74, 6) is -3.42. The molecular weight excluding hydrogens is 549 g/mol. The van der Waals surface area contributed by atoms with Gasteiger partial charge >= 0.3 is 16.5 Å². The summed E-state index contributed by atoms with van der Waals surface area (Å²) in [6, 6.07) is 25.0. The molecule has 0 bridgehead atoms. The first-order valence-electron chi connectivity index (χ1n) is 10.7. The Bertz CT molecular complexity index is 1090. The maximum Gasteiger partial charge on any atom is 2.00 e. The van der Waals surface area contributed by atoms with Gasteiger partial charge in [0.2, 0.25) is 11.8 Å². The van der Waals surface area contributed by atoms with Gasteiger partial charge in [-0.3, -0.25) is 15.0 Å². The zero-order valence-corrected chi connectivity index (χ0v) is 21.2. The van der Waals surface area contributed by atoms with Crippen LogP contribution >= 0.6 is 0 Å². The summed E-state index contributed by atoms with van der Waals surface area (Å²) >= 11 is 0. The van der Waals surface area contributed by atoms with E-state index in [9.17, 15) is 19.8 Å². The topological polar surface area (TPSA) is 185 Å². The van der Waals surface area contributed by atoms with Crippen molar-refractivity contribution >= 4 is 11.9 Å². The third kappa shape index (κ3) is 18.7. The monoisotopic (exact) mass is 571 g/mol. The van der Waals surface area contributed by atoms with Crippen LogP contribution in [0.1, 0.15) is 21.0 Å². The number of rotatable bonds is 2. The number of nitrogens with zero attached hydrogens (tertiary/aromatic N) is 5. The maximum atomic E-state index is 10.1. The first-order chi connectivity index (χ1) is 18.4. The fourth-order valence-corrected chi connectivity index (χ4v) is 2.01. The quantitative estimate of drug-likeness (QED) is 0.293. The molecule has 5 aromatic heterocycles. The van der Waals surface area contributed by atoms with Crippen molar-refractivity contribution in [3.63, 3.8) is 0 Å². The Kier molecular flexibility index (Phi) is 19.1. The molecule has 12 heteroatoms. The van der Waals surface area contributed by atoms with Crippen molar-refractivity contribution in [2.45, 2.75) is 0 Å². The van der Waals surface area contributed by atoms with Crippen molar-refractivity contribution in [1.29, 1.82) is 0 Å². The number of hydrogen-bond acceptors (Lipinski definition) is 11. The van der Waals surface area contributed by atoms with E-state index in [-0.39, 0.29) is 39.6 Å². The second-order valence-electron chi connectivity index (χ2n) is 6.41. The molecule has 0 aliphatic heterocycles. The van der Waals surface area contributed by atoms with Gasteiger partial charge in [-0.25, -0.2) is 9.97 Å². The Balaban J connectivity index is 0.000000469. The molecule has 0 aromatic carbocycles. The van der Waals surface area contributed by atoms with E-state index >= 15 is 0 Å². The first kappa shape index (κ1) is 33.8. The molecule has 0 aliphatic rings. The van der Waals surface area contributed by atoms with Gasteiger partial charge in [0.1, 0.15) is 0 Å². The zero-order chi connectivity index (χ0) is 27.8. The molecular formula is C27H23N5NiO6. The molecule has 0 aliphatic carbocycles. The summed E-state index contributed by atoms with van der Waals surface area (Å²) in [5, 5.41) is 37.5. The summed E-state index contributed by atoms with van der Waals surface area (Å²) in [6.07, 6.45) is 10.5. The summed E-state index contributed by atoms with van der Waals surface area (Å²) in [6.45, 7) is 0. The maximum absolute atomic E-state index is 10.1. The van der Waals surface area contributed by atoms with Crippen LogP contribution in [0.2, 0.25) is 0 Å². The normalized spacial score (nSPS) is 8.41. The molecule has 0 fully saturated rings. The van der Waals surface area contributed by atoms with E-state index in [4.69, 9.17) is 10.2 Å². The van der Waals surface area contributed by atoms with Gasteiger partial charge in [-0.15, -0.1) is 0 Å². The predicted octanol–water partition coefficient (Wildman–Crippen LogP) is 1.54. The van der Waals surface area contributed by atoms with Crippen LogP contribution in [0, 0.1) is 0 Å². The number of carboxylic acids is 2. The fraction of sp³-hybridized carbons (Fsp3) is 0. The second kappa shape index (κ2) is 22.0. The van der Waals surface area contributed by atoms with Crippen molar-refractivity contribution in [1.82, 2.24) is 24.9 Å². The zero-order valence-electron chi connectivity index (χ0n) is 20.2. The minimum atomic E-state index is -1.39. The van der Waals surface area contributed by atoms with Crippen LogP contribution in [0.15, 0.2) is 128 Å². The van der Waals surface area contributed by atoms with Crippen LogP contribution < -0.4 is 10.2 Å². The van der Waals surface area contributed by atoms with E-state index in [1.54, 1.807) is 37.2 Å². The standard InChI is InChI=1S/2C6H5NO3.3C5H5N.Ni/c2*8-5-3-1-2-4(7-5)6(9)10;3*1-2-4-6-5-3-1;/h2*1-3H,(H,7,8)(H,9,10);3*1-5H;/q;;;;;+2/p-2. The van der Waals surface area contributed by atoms with Crippen LogP contribution in [0.25, 0.3) is 0 Å². The Morgan fingerprint density at radius 3 is 0.897 bits per heavy atom. The fourth-order valence-electron chi connectivity index (χ4n) is 2.01. The first-order valence-corrected chi connectivity index (χ1v) is 10.7. The number of aromatic hydroxyl groups is 2. The molecule has 39 heavy (non-hydrogen) atoms. The third-order valence-corrected chi connectivity index (χ3v) is 3.59. The molecule has 0 unspecified atom stereocenters. The van der Waals surface area contributed by atoms with Crippen LogP contribution in [0.5, 0.6) is 11.8 Å². The molecule has 5 rings (SSSR count). The molecule has 0 amide bonds. The van der Waals surface area contributed by atoms with Crippen molar-refractivity contribution in [2.24, 2.45) is 0 Å². The van der Waals surface area contributed by atoms with E-state index in [1.807, 2.05) is 54.6 Å². The molecule has 202 valence electrons. The Hall–Kier alpha value is -5.22. The summed E-state index contributed by atoms with van der Waals surface area (Å²) in [7, 11) is 0. The van der Waals surface area contributed by atoms with Gasteiger partial charge in [-0.05, 0) is 48.5 Å². The minimum Gasteiger partial charge on any atom is -0.543 e. The van der Waals surface area contributed by atoms with Crippen molar-refractivity contribution in [2.75, 3.05) is 0 Å². The van der Waals surface area contributed by atoms with Crippen LogP contribution in [0.4, 0.5) is 0 Å². The van der Waals surface area contributed by atoms with Crippen LogP contribution in [0.3, 0.4) is 0 Å². The predicted molar refractivity (Wildman–Crippen MR) is 133 cm³/mol. The molecule has 0 atom stereocenters. The van der Waals surface area contributed by atoms with Crippen molar-refractivity contribution < 1.29 is 46.5 Å².